The third kappa shape index (κ3) is 1.91. The summed E-state index contributed by atoms with van der Waals surface area (Å²) in [4.78, 5) is 4.12. The second-order valence-electron chi connectivity index (χ2n) is 4.23. The van der Waals surface area contributed by atoms with Gasteiger partial charge in [-0.1, -0.05) is 18.2 Å². The topological polar surface area (TPSA) is 38.9 Å². The zero-order valence-corrected chi connectivity index (χ0v) is 9.90. The third-order valence-electron chi connectivity index (χ3n) is 3.00. The number of pyridine rings is 1. The van der Waals surface area contributed by atoms with Crippen LogP contribution in [0.4, 0.5) is 14.5 Å². The quantitative estimate of drug-likeness (QED) is 0.720. The van der Waals surface area contributed by atoms with Crippen LogP contribution < -0.4 is 5.73 Å². The monoisotopic (exact) mass is 256 g/mol. The van der Waals surface area contributed by atoms with Gasteiger partial charge in [-0.3, -0.25) is 4.98 Å². The van der Waals surface area contributed by atoms with E-state index in [2.05, 4.69) is 4.98 Å². The van der Waals surface area contributed by atoms with Gasteiger partial charge in [-0.05, 0) is 24.3 Å². The van der Waals surface area contributed by atoms with E-state index < -0.39 is 11.6 Å². The Bertz CT molecular complexity index is 764. The summed E-state index contributed by atoms with van der Waals surface area (Å²) < 4.78 is 27.3. The average Bonchev–Trinajstić information content (AvgIpc) is 2.40. The van der Waals surface area contributed by atoms with E-state index in [-0.39, 0.29) is 0 Å². The maximum absolute atomic E-state index is 13.9. The van der Waals surface area contributed by atoms with Crippen molar-refractivity contribution >= 4 is 16.6 Å². The molecule has 4 heteroatoms. The van der Waals surface area contributed by atoms with Gasteiger partial charge in [-0.25, -0.2) is 8.78 Å². The highest BCUT2D eigenvalue weighted by Gasteiger charge is 2.13. The number of anilines is 1. The molecule has 0 aliphatic carbocycles. The van der Waals surface area contributed by atoms with E-state index in [1.807, 2.05) is 0 Å². The molecule has 0 saturated carbocycles. The lowest BCUT2D eigenvalue weighted by atomic mass is 9.99. The van der Waals surface area contributed by atoms with Gasteiger partial charge in [0.1, 0.15) is 11.6 Å². The number of hydrogen-bond donors (Lipinski definition) is 1. The van der Waals surface area contributed by atoms with Crippen molar-refractivity contribution in [2.45, 2.75) is 0 Å². The van der Waals surface area contributed by atoms with Crippen LogP contribution in [-0.2, 0) is 0 Å². The highest BCUT2D eigenvalue weighted by molar-refractivity contribution is 6.00. The van der Waals surface area contributed by atoms with Crippen molar-refractivity contribution in [1.29, 1.82) is 0 Å². The van der Waals surface area contributed by atoms with Crippen LogP contribution in [0.1, 0.15) is 0 Å². The molecule has 94 valence electrons. The van der Waals surface area contributed by atoms with E-state index >= 15 is 0 Å². The predicted molar refractivity (Wildman–Crippen MR) is 71.5 cm³/mol. The van der Waals surface area contributed by atoms with Crippen LogP contribution in [0.15, 0.2) is 48.7 Å². The number of rotatable bonds is 1. The minimum atomic E-state index is -0.405. The molecule has 3 aromatic rings. The second kappa shape index (κ2) is 4.31. The molecule has 0 fully saturated rings. The molecule has 3 rings (SSSR count). The molecule has 0 unspecified atom stereocenters. The summed E-state index contributed by atoms with van der Waals surface area (Å²) >= 11 is 0. The Kier molecular flexibility index (Phi) is 2.63. The van der Waals surface area contributed by atoms with Crippen molar-refractivity contribution in [3.05, 3.63) is 60.3 Å². The number of nitrogens with zero attached hydrogens (tertiary/aromatic N) is 1. The SMILES string of the molecule is Nc1cnc2ccc(F)cc2c1-c1ccccc1F. The standard InChI is InChI=1S/C15H10F2N2/c16-9-5-6-14-11(7-9)15(13(18)8-19-14)10-3-1-2-4-12(10)17/h1-8H,18H2. The van der Waals surface area contributed by atoms with Crippen molar-refractivity contribution in [2.75, 3.05) is 5.73 Å². The Hall–Kier alpha value is -2.49. The summed E-state index contributed by atoms with van der Waals surface area (Å²) in [6.45, 7) is 0. The van der Waals surface area contributed by atoms with Gasteiger partial charge in [0.2, 0.25) is 0 Å². The smallest absolute Gasteiger partial charge is 0.131 e. The van der Waals surface area contributed by atoms with Crippen LogP contribution in [0, 0.1) is 11.6 Å². The first kappa shape index (κ1) is 11.6. The van der Waals surface area contributed by atoms with Gasteiger partial charge < -0.3 is 5.73 Å². The van der Waals surface area contributed by atoms with Gasteiger partial charge in [0.25, 0.3) is 0 Å². The maximum atomic E-state index is 13.9. The van der Waals surface area contributed by atoms with Gasteiger partial charge in [-0.2, -0.15) is 0 Å². The van der Waals surface area contributed by atoms with E-state index in [1.165, 1.54) is 24.4 Å². The minimum absolute atomic E-state index is 0.322. The first-order valence-electron chi connectivity index (χ1n) is 5.75. The molecule has 1 heterocycles. The third-order valence-corrected chi connectivity index (χ3v) is 3.00. The molecule has 0 spiro atoms. The molecule has 2 nitrogen and oxygen atoms in total. The van der Waals surface area contributed by atoms with Gasteiger partial charge in [0.15, 0.2) is 0 Å². The normalized spacial score (nSPS) is 10.8. The summed E-state index contributed by atoms with van der Waals surface area (Å²) in [5.74, 6) is -0.802. The van der Waals surface area contributed by atoms with E-state index in [9.17, 15) is 8.78 Å². The number of nitrogens with two attached hydrogens (primary N) is 1. The predicted octanol–water partition coefficient (Wildman–Crippen LogP) is 3.76. The molecule has 2 aromatic carbocycles. The molecule has 1 aromatic heterocycles. The number of hydrogen-bond acceptors (Lipinski definition) is 2. The number of fused-ring (bicyclic) bond motifs is 1. The Morgan fingerprint density at radius 1 is 1.00 bits per heavy atom. The highest BCUT2D eigenvalue weighted by Crippen LogP contribution is 2.34. The first-order chi connectivity index (χ1) is 9.16. The van der Waals surface area contributed by atoms with Crippen LogP contribution in [-0.4, -0.2) is 4.98 Å². The van der Waals surface area contributed by atoms with Crippen LogP contribution in [0.3, 0.4) is 0 Å². The molecule has 0 bridgehead atoms. The molecular formula is C15H10F2N2. The molecule has 0 aliphatic rings. The molecular weight excluding hydrogens is 246 g/mol. The lowest BCUT2D eigenvalue weighted by molar-refractivity contribution is 0.628. The Balaban J connectivity index is 2.43. The Morgan fingerprint density at radius 2 is 1.79 bits per heavy atom. The minimum Gasteiger partial charge on any atom is -0.397 e. The molecule has 0 atom stereocenters. The van der Waals surface area contributed by atoms with Crippen LogP contribution in [0.2, 0.25) is 0 Å². The number of nitrogen functional groups attached to an aromatic ring is 1. The van der Waals surface area contributed by atoms with E-state index in [0.717, 1.165) is 0 Å². The van der Waals surface area contributed by atoms with Gasteiger partial charge in [0.05, 0.1) is 17.4 Å². The molecule has 2 N–H and O–H groups in total. The van der Waals surface area contributed by atoms with Crippen molar-refractivity contribution < 1.29 is 8.78 Å². The Morgan fingerprint density at radius 3 is 2.58 bits per heavy atom. The zero-order chi connectivity index (χ0) is 13.4. The van der Waals surface area contributed by atoms with Gasteiger partial charge in [0, 0.05) is 16.5 Å². The van der Waals surface area contributed by atoms with E-state index in [1.54, 1.807) is 24.3 Å². The summed E-state index contributed by atoms with van der Waals surface area (Å²) in [7, 11) is 0. The largest absolute Gasteiger partial charge is 0.397 e. The number of benzene rings is 2. The van der Waals surface area contributed by atoms with Gasteiger partial charge in [-0.15, -0.1) is 0 Å². The molecule has 0 saturated heterocycles. The summed E-state index contributed by atoms with van der Waals surface area (Å²) in [6, 6.07) is 10.5. The zero-order valence-electron chi connectivity index (χ0n) is 9.90. The summed E-state index contributed by atoms with van der Waals surface area (Å²) in [5.41, 5.74) is 7.61. The van der Waals surface area contributed by atoms with Crippen molar-refractivity contribution in [3.8, 4) is 11.1 Å². The van der Waals surface area contributed by atoms with Crippen LogP contribution >= 0.6 is 0 Å². The van der Waals surface area contributed by atoms with E-state index in [0.29, 0.717) is 27.7 Å². The molecule has 0 amide bonds. The maximum Gasteiger partial charge on any atom is 0.131 e. The van der Waals surface area contributed by atoms with Gasteiger partial charge >= 0.3 is 0 Å². The first-order valence-corrected chi connectivity index (χ1v) is 5.75. The summed E-state index contributed by atoms with van der Waals surface area (Å²) in [6.07, 6.45) is 1.46. The fourth-order valence-corrected chi connectivity index (χ4v) is 2.14. The van der Waals surface area contributed by atoms with Crippen molar-refractivity contribution in [1.82, 2.24) is 4.98 Å². The molecule has 0 radical (unpaired) electrons. The van der Waals surface area contributed by atoms with Crippen molar-refractivity contribution in [3.63, 3.8) is 0 Å². The second-order valence-corrected chi connectivity index (χ2v) is 4.23. The lowest BCUT2D eigenvalue weighted by Crippen LogP contribution is -1.96. The number of aromatic nitrogens is 1. The van der Waals surface area contributed by atoms with Crippen LogP contribution in [0.5, 0.6) is 0 Å². The average molecular weight is 256 g/mol. The Labute approximate surface area is 108 Å². The summed E-state index contributed by atoms with van der Waals surface area (Å²) in [5, 5.41) is 0.505. The highest BCUT2D eigenvalue weighted by atomic mass is 19.1. The van der Waals surface area contributed by atoms with Crippen molar-refractivity contribution in [2.24, 2.45) is 0 Å². The molecule has 0 aliphatic heterocycles. The van der Waals surface area contributed by atoms with E-state index in [4.69, 9.17) is 5.73 Å². The molecule has 19 heavy (non-hydrogen) atoms. The fourth-order valence-electron chi connectivity index (χ4n) is 2.14. The van der Waals surface area contributed by atoms with Crippen LogP contribution in [0.25, 0.3) is 22.0 Å². The lowest BCUT2D eigenvalue weighted by Gasteiger charge is -2.10. The number of halogens is 2. The fraction of sp³-hybridized carbons (Fsp3) is 0.